The number of carbonyl (C=O) groups is 1. The first-order valence-electron chi connectivity index (χ1n) is 5.52. The van der Waals surface area contributed by atoms with Crippen LogP contribution in [0.25, 0.3) is 0 Å². The number of carbonyl (C=O) groups excluding carboxylic acids is 1. The van der Waals surface area contributed by atoms with E-state index in [0.717, 1.165) is 0 Å². The van der Waals surface area contributed by atoms with Crippen molar-refractivity contribution in [3.05, 3.63) is 12.2 Å². The minimum Gasteiger partial charge on any atom is -0.467 e. The van der Waals surface area contributed by atoms with Crippen molar-refractivity contribution in [1.29, 1.82) is 0 Å². The Bertz CT molecular complexity index is 393. The molecule has 1 aliphatic heterocycles. The van der Waals surface area contributed by atoms with Crippen molar-refractivity contribution in [3.8, 4) is 0 Å². The van der Waals surface area contributed by atoms with E-state index in [1.54, 1.807) is 6.08 Å². The third-order valence-electron chi connectivity index (χ3n) is 4.16. The number of hydrogen-bond donors (Lipinski definition) is 3. The molecule has 94 valence electrons. The molecule has 17 heavy (non-hydrogen) atoms. The number of fused-ring (bicyclic) bond motifs is 4. The Kier molecular flexibility index (Phi) is 2.16. The number of esters is 1. The van der Waals surface area contributed by atoms with E-state index in [-0.39, 0.29) is 12.0 Å². The standard InChI is InChI=1S/C11H14O6/c1-16-10(14)11(15)3-2-4-6(11)5-7(12)9(13)17-8(4)5/h2-9,12-13,15H,1H3/t4-,5+,6+,7+,8+,9?,11-/m0/s1. The maximum atomic E-state index is 11.6. The molecule has 3 aliphatic rings. The highest BCUT2D eigenvalue weighted by Crippen LogP contribution is 2.58. The van der Waals surface area contributed by atoms with Gasteiger partial charge in [0.1, 0.15) is 6.10 Å². The van der Waals surface area contributed by atoms with E-state index in [9.17, 15) is 20.1 Å². The van der Waals surface area contributed by atoms with Crippen molar-refractivity contribution in [1.82, 2.24) is 0 Å². The van der Waals surface area contributed by atoms with Crippen molar-refractivity contribution in [3.63, 3.8) is 0 Å². The van der Waals surface area contributed by atoms with Gasteiger partial charge in [-0.15, -0.1) is 0 Å². The van der Waals surface area contributed by atoms with Gasteiger partial charge in [0.15, 0.2) is 11.9 Å². The van der Waals surface area contributed by atoms with Gasteiger partial charge in [0.25, 0.3) is 0 Å². The SMILES string of the molecule is COC(=O)[C@]1(O)C=C[C@@H]2[C@H]3OC(O)[C@H](O)[C@H]3[C@@H]21. The van der Waals surface area contributed by atoms with Crippen LogP contribution in [-0.2, 0) is 14.3 Å². The van der Waals surface area contributed by atoms with Crippen molar-refractivity contribution in [2.75, 3.05) is 7.11 Å². The summed E-state index contributed by atoms with van der Waals surface area (Å²) >= 11 is 0. The molecule has 1 heterocycles. The molecule has 0 radical (unpaired) electrons. The van der Waals surface area contributed by atoms with Gasteiger partial charge in [0.05, 0.1) is 13.2 Å². The minimum atomic E-state index is -1.71. The van der Waals surface area contributed by atoms with Gasteiger partial charge in [-0.25, -0.2) is 4.79 Å². The predicted molar refractivity (Wildman–Crippen MR) is 53.5 cm³/mol. The van der Waals surface area contributed by atoms with E-state index in [4.69, 9.17) is 4.74 Å². The Morgan fingerprint density at radius 3 is 2.82 bits per heavy atom. The molecule has 0 bridgehead atoms. The lowest BCUT2D eigenvalue weighted by Crippen LogP contribution is -2.60. The Labute approximate surface area is 97.5 Å². The van der Waals surface area contributed by atoms with E-state index in [1.165, 1.54) is 13.2 Å². The summed E-state index contributed by atoms with van der Waals surface area (Å²) < 4.78 is 9.76. The molecule has 6 heteroatoms. The lowest BCUT2D eigenvalue weighted by atomic mass is 9.58. The van der Waals surface area contributed by atoms with E-state index < -0.39 is 35.8 Å². The molecule has 1 saturated heterocycles. The predicted octanol–water partition coefficient (Wildman–Crippen LogP) is -1.60. The summed E-state index contributed by atoms with van der Waals surface area (Å²) in [4.78, 5) is 11.6. The monoisotopic (exact) mass is 242 g/mol. The van der Waals surface area contributed by atoms with Crippen molar-refractivity contribution in [2.45, 2.75) is 24.1 Å². The van der Waals surface area contributed by atoms with Crippen molar-refractivity contribution >= 4 is 5.97 Å². The Morgan fingerprint density at radius 2 is 2.18 bits per heavy atom. The second kappa shape index (κ2) is 3.29. The quantitative estimate of drug-likeness (QED) is 0.378. The Balaban J connectivity index is 1.90. The summed E-state index contributed by atoms with van der Waals surface area (Å²) in [6.07, 6.45) is 0.436. The van der Waals surface area contributed by atoms with Crippen LogP contribution < -0.4 is 0 Å². The smallest absolute Gasteiger partial charge is 0.342 e. The van der Waals surface area contributed by atoms with Crippen LogP contribution in [0.15, 0.2) is 12.2 Å². The topological polar surface area (TPSA) is 96.2 Å². The van der Waals surface area contributed by atoms with Gasteiger partial charge in [-0.2, -0.15) is 0 Å². The van der Waals surface area contributed by atoms with Gasteiger partial charge in [-0.05, 0) is 6.08 Å². The maximum Gasteiger partial charge on any atom is 0.342 e. The highest BCUT2D eigenvalue weighted by Gasteiger charge is 2.69. The zero-order chi connectivity index (χ0) is 12.4. The Morgan fingerprint density at radius 1 is 1.47 bits per heavy atom. The van der Waals surface area contributed by atoms with Crippen molar-refractivity contribution in [2.24, 2.45) is 17.8 Å². The van der Waals surface area contributed by atoms with Crippen LogP contribution >= 0.6 is 0 Å². The summed E-state index contributed by atoms with van der Waals surface area (Å²) in [6.45, 7) is 0. The summed E-state index contributed by atoms with van der Waals surface area (Å²) in [6, 6.07) is 0. The number of aliphatic hydroxyl groups is 3. The average Bonchev–Trinajstić information content (AvgIpc) is 2.70. The number of aliphatic hydroxyl groups excluding tert-OH is 2. The number of hydrogen-bond acceptors (Lipinski definition) is 6. The number of methoxy groups -OCH3 is 1. The molecule has 2 aliphatic carbocycles. The molecule has 3 rings (SSSR count). The number of ether oxygens (including phenoxy) is 2. The molecule has 3 N–H and O–H groups in total. The van der Waals surface area contributed by atoms with Crippen LogP contribution in [0.3, 0.4) is 0 Å². The zero-order valence-electron chi connectivity index (χ0n) is 9.19. The fraction of sp³-hybridized carbons (Fsp3) is 0.727. The van der Waals surface area contributed by atoms with Gasteiger partial charge >= 0.3 is 5.97 Å². The van der Waals surface area contributed by atoms with E-state index >= 15 is 0 Å². The summed E-state index contributed by atoms with van der Waals surface area (Å²) in [5.74, 6) is -1.81. The summed E-state index contributed by atoms with van der Waals surface area (Å²) in [5, 5.41) is 29.5. The molecule has 0 spiro atoms. The fourth-order valence-corrected chi connectivity index (χ4v) is 3.35. The van der Waals surface area contributed by atoms with E-state index in [1.807, 2.05) is 0 Å². The Hall–Kier alpha value is -0.950. The molecule has 7 atom stereocenters. The molecular formula is C11H14O6. The highest BCUT2D eigenvalue weighted by atomic mass is 16.6. The van der Waals surface area contributed by atoms with Gasteiger partial charge in [-0.3, -0.25) is 0 Å². The second-order valence-corrected chi connectivity index (χ2v) is 4.84. The lowest BCUT2D eigenvalue weighted by Gasteiger charge is -2.48. The van der Waals surface area contributed by atoms with Crippen LogP contribution in [-0.4, -0.2) is 52.5 Å². The molecule has 2 fully saturated rings. The summed E-state index contributed by atoms with van der Waals surface area (Å²) in [7, 11) is 1.20. The highest BCUT2D eigenvalue weighted by molar-refractivity contribution is 5.83. The molecule has 0 aromatic heterocycles. The summed E-state index contributed by atoms with van der Waals surface area (Å²) in [5.41, 5.74) is -1.71. The van der Waals surface area contributed by atoms with Gasteiger partial charge in [0, 0.05) is 17.8 Å². The third kappa shape index (κ3) is 1.16. The third-order valence-corrected chi connectivity index (χ3v) is 4.16. The maximum absolute atomic E-state index is 11.6. The fourth-order valence-electron chi connectivity index (χ4n) is 3.35. The van der Waals surface area contributed by atoms with Crippen LogP contribution in [0.5, 0.6) is 0 Å². The lowest BCUT2D eigenvalue weighted by molar-refractivity contribution is -0.185. The van der Waals surface area contributed by atoms with Crippen LogP contribution in [0, 0.1) is 17.8 Å². The number of rotatable bonds is 1. The first-order chi connectivity index (χ1) is 8.00. The molecule has 1 saturated carbocycles. The normalized spacial score (nSPS) is 55.1. The second-order valence-electron chi connectivity index (χ2n) is 4.84. The molecular weight excluding hydrogens is 228 g/mol. The van der Waals surface area contributed by atoms with Crippen molar-refractivity contribution < 1.29 is 29.6 Å². The molecule has 6 nitrogen and oxygen atoms in total. The van der Waals surface area contributed by atoms with Crippen LogP contribution in [0.2, 0.25) is 0 Å². The van der Waals surface area contributed by atoms with Gasteiger partial charge in [0.2, 0.25) is 0 Å². The first kappa shape index (κ1) is 11.2. The van der Waals surface area contributed by atoms with E-state index in [2.05, 4.69) is 4.74 Å². The average molecular weight is 242 g/mol. The molecule has 0 amide bonds. The minimum absolute atomic E-state index is 0.157. The van der Waals surface area contributed by atoms with E-state index in [0.29, 0.717) is 0 Å². The first-order valence-corrected chi connectivity index (χ1v) is 5.52. The van der Waals surface area contributed by atoms with Gasteiger partial charge in [-0.1, -0.05) is 6.08 Å². The van der Waals surface area contributed by atoms with Crippen LogP contribution in [0.4, 0.5) is 0 Å². The molecule has 0 aromatic carbocycles. The zero-order valence-corrected chi connectivity index (χ0v) is 9.19. The molecule has 0 aromatic rings. The van der Waals surface area contributed by atoms with Gasteiger partial charge < -0.3 is 24.8 Å². The largest absolute Gasteiger partial charge is 0.467 e. The molecule has 1 unspecified atom stereocenters. The van der Waals surface area contributed by atoms with Crippen LogP contribution in [0.1, 0.15) is 0 Å².